The van der Waals surface area contributed by atoms with Gasteiger partial charge in [-0.2, -0.15) is 0 Å². The van der Waals surface area contributed by atoms with Gasteiger partial charge in [0.05, 0.1) is 6.10 Å². The minimum Gasteiger partial charge on any atom is -0.381 e. The highest BCUT2D eigenvalue weighted by atomic mass is 16.5. The fraction of sp³-hybridized carbons (Fsp3) is 1.00. The molecule has 0 heterocycles. The van der Waals surface area contributed by atoms with E-state index in [1.807, 2.05) is 7.11 Å². The molecule has 0 bridgehead atoms. The van der Waals surface area contributed by atoms with Crippen molar-refractivity contribution >= 4 is 0 Å². The lowest BCUT2D eigenvalue weighted by molar-refractivity contribution is -0.120. The summed E-state index contributed by atoms with van der Waals surface area (Å²) >= 11 is 0. The summed E-state index contributed by atoms with van der Waals surface area (Å²) in [6, 6.07) is 0. The third kappa shape index (κ3) is 3.10. The molecule has 32 heavy (non-hydrogen) atoms. The fourth-order valence-corrected chi connectivity index (χ4v) is 11.6. The van der Waals surface area contributed by atoms with Crippen LogP contribution in [-0.2, 0) is 4.74 Å². The Morgan fingerprint density at radius 3 is 2.38 bits per heavy atom. The second-order valence-corrected chi connectivity index (χ2v) is 14.2. The predicted molar refractivity (Wildman–Crippen MR) is 133 cm³/mol. The topological polar surface area (TPSA) is 9.23 Å². The second-order valence-electron chi connectivity index (χ2n) is 14.2. The molecular formula is C31H52O. The standard InChI is InChI=1S/C31H52O/c1-6-21-17-30(21,19(2)3)15-14-20(4)23-8-7-9-24-25(23)11-12-26-27(24)16-29(32-5)31-18-22(31)10-13-28(26)31/h19-29H,6-18H2,1-5H3/t20-,21?,22?,23?,24?,25?,26?,27?,28?,29?,30?,31-/m1/s1. The van der Waals surface area contributed by atoms with Crippen molar-refractivity contribution in [1.82, 2.24) is 0 Å². The smallest absolute Gasteiger partial charge is 0.0635 e. The second kappa shape index (κ2) is 7.99. The molecule has 6 saturated carbocycles. The van der Waals surface area contributed by atoms with Crippen LogP contribution < -0.4 is 0 Å². The summed E-state index contributed by atoms with van der Waals surface area (Å²) in [6.45, 7) is 10.1. The highest BCUT2D eigenvalue weighted by Crippen LogP contribution is 2.76. The number of fused-ring (bicyclic) bond motifs is 4. The maximum atomic E-state index is 6.28. The third-order valence-electron chi connectivity index (χ3n) is 13.4. The molecule has 6 aliphatic carbocycles. The van der Waals surface area contributed by atoms with Crippen molar-refractivity contribution in [3.8, 4) is 0 Å². The highest BCUT2D eigenvalue weighted by molar-refractivity contribution is 5.20. The molecule has 0 aromatic heterocycles. The Kier molecular flexibility index (Phi) is 5.60. The Labute approximate surface area is 199 Å². The Balaban J connectivity index is 1.15. The average Bonchev–Trinajstić information content (AvgIpc) is 3.69. The zero-order valence-corrected chi connectivity index (χ0v) is 22.0. The van der Waals surface area contributed by atoms with Crippen LogP contribution in [0.15, 0.2) is 0 Å². The molecule has 1 nitrogen and oxygen atoms in total. The predicted octanol–water partition coefficient (Wildman–Crippen LogP) is 8.37. The van der Waals surface area contributed by atoms with Gasteiger partial charge in [0, 0.05) is 12.5 Å². The molecule has 6 rings (SSSR count). The van der Waals surface area contributed by atoms with Gasteiger partial charge >= 0.3 is 0 Å². The van der Waals surface area contributed by atoms with Crippen LogP contribution in [0, 0.1) is 70.0 Å². The van der Waals surface area contributed by atoms with Crippen molar-refractivity contribution in [2.45, 2.75) is 117 Å². The van der Waals surface area contributed by atoms with Crippen LogP contribution in [0.2, 0.25) is 0 Å². The van der Waals surface area contributed by atoms with E-state index in [1.54, 1.807) is 25.7 Å². The Bertz CT molecular complexity index is 699. The fourth-order valence-electron chi connectivity index (χ4n) is 11.6. The molecule has 6 fully saturated rings. The van der Waals surface area contributed by atoms with Crippen molar-refractivity contribution in [2.75, 3.05) is 7.11 Å². The number of methoxy groups -OCH3 is 1. The van der Waals surface area contributed by atoms with Gasteiger partial charge in [-0.25, -0.2) is 0 Å². The first-order valence-electron chi connectivity index (χ1n) is 15.0. The largest absolute Gasteiger partial charge is 0.381 e. The molecule has 6 aliphatic rings. The van der Waals surface area contributed by atoms with Gasteiger partial charge in [-0.3, -0.25) is 0 Å². The first-order chi connectivity index (χ1) is 15.5. The Hall–Kier alpha value is -0.0400. The van der Waals surface area contributed by atoms with Gasteiger partial charge in [0.2, 0.25) is 0 Å². The van der Waals surface area contributed by atoms with Gasteiger partial charge in [-0.15, -0.1) is 0 Å². The number of rotatable bonds is 7. The van der Waals surface area contributed by atoms with E-state index in [0.29, 0.717) is 16.9 Å². The van der Waals surface area contributed by atoms with Gasteiger partial charge in [-0.1, -0.05) is 40.5 Å². The molecule has 0 N–H and O–H groups in total. The number of hydrogen-bond donors (Lipinski definition) is 0. The summed E-state index contributed by atoms with van der Waals surface area (Å²) in [6.07, 6.45) is 20.3. The SMILES string of the molecule is CCC1CC1(CC[C@@H](C)C1CCCC2C3CC(OC)[C@]45CC4CCC5C3CCC21)C(C)C. The molecule has 182 valence electrons. The van der Waals surface area contributed by atoms with E-state index >= 15 is 0 Å². The lowest BCUT2D eigenvalue weighted by Crippen LogP contribution is -2.52. The molecule has 0 saturated heterocycles. The van der Waals surface area contributed by atoms with Gasteiger partial charge in [-0.05, 0) is 135 Å². The van der Waals surface area contributed by atoms with Gasteiger partial charge < -0.3 is 4.74 Å². The first-order valence-corrected chi connectivity index (χ1v) is 15.0. The molecule has 12 atom stereocenters. The van der Waals surface area contributed by atoms with E-state index in [1.165, 1.54) is 57.8 Å². The van der Waals surface area contributed by atoms with Crippen molar-refractivity contribution in [1.29, 1.82) is 0 Å². The van der Waals surface area contributed by atoms with Crippen molar-refractivity contribution in [3.05, 3.63) is 0 Å². The Morgan fingerprint density at radius 2 is 1.69 bits per heavy atom. The summed E-state index contributed by atoms with van der Waals surface area (Å²) in [4.78, 5) is 0. The molecule has 0 aromatic rings. The maximum Gasteiger partial charge on any atom is 0.0635 e. The zero-order valence-electron chi connectivity index (χ0n) is 22.0. The summed E-state index contributed by atoms with van der Waals surface area (Å²) in [5.74, 6) is 10.1. The minimum absolute atomic E-state index is 0.601. The molecule has 0 aliphatic heterocycles. The lowest BCUT2D eigenvalue weighted by atomic mass is 9.49. The van der Waals surface area contributed by atoms with Crippen LogP contribution in [0.1, 0.15) is 111 Å². The van der Waals surface area contributed by atoms with E-state index < -0.39 is 0 Å². The highest BCUT2D eigenvalue weighted by Gasteiger charge is 2.71. The quantitative estimate of drug-likeness (QED) is 0.386. The van der Waals surface area contributed by atoms with Crippen LogP contribution >= 0.6 is 0 Å². The molecule has 1 spiro atoms. The molecular weight excluding hydrogens is 388 g/mol. The van der Waals surface area contributed by atoms with Crippen LogP contribution in [0.4, 0.5) is 0 Å². The van der Waals surface area contributed by atoms with Gasteiger partial charge in [0.25, 0.3) is 0 Å². The molecule has 0 radical (unpaired) electrons. The van der Waals surface area contributed by atoms with Crippen molar-refractivity contribution < 1.29 is 4.74 Å². The van der Waals surface area contributed by atoms with Crippen LogP contribution in [0.3, 0.4) is 0 Å². The average molecular weight is 441 g/mol. The van der Waals surface area contributed by atoms with E-state index in [4.69, 9.17) is 4.74 Å². The normalized spacial score (nSPS) is 54.4. The molecule has 10 unspecified atom stereocenters. The van der Waals surface area contributed by atoms with E-state index in [9.17, 15) is 0 Å². The van der Waals surface area contributed by atoms with E-state index in [0.717, 1.165) is 59.2 Å². The Morgan fingerprint density at radius 1 is 0.875 bits per heavy atom. The van der Waals surface area contributed by atoms with Crippen LogP contribution in [0.25, 0.3) is 0 Å². The first kappa shape index (κ1) is 22.4. The molecule has 0 aromatic carbocycles. The lowest BCUT2D eigenvalue weighted by Gasteiger charge is -2.57. The van der Waals surface area contributed by atoms with E-state index in [2.05, 4.69) is 27.7 Å². The molecule has 1 heteroatoms. The summed E-state index contributed by atoms with van der Waals surface area (Å²) < 4.78 is 6.28. The monoisotopic (exact) mass is 440 g/mol. The summed E-state index contributed by atoms with van der Waals surface area (Å²) in [5.41, 5.74) is 1.36. The number of ether oxygens (including phenoxy) is 1. The van der Waals surface area contributed by atoms with Gasteiger partial charge in [0.1, 0.15) is 0 Å². The zero-order chi connectivity index (χ0) is 22.3. The third-order valence-corrected chi connectivity index (χ3v) is 13.4. The van der Waals surface area contributed by atoms with E-state index in [-0.39, 0.29) is 0 Å². The maximum absolute atomic E-state index is 6.28. The van der Waals surface area contributed by atoms with Crippen molar-refractivity contribution in [2.24, 2.45) is 70.0 Å². The van der Waals surface area contributed by atoms with Crippen molar-refractivity contribution in [3.63, 3.8) is 0 Å². The van der Waals surface area contributed by atoms with Crippen LogP contribution in [-0.4, -0.2) is 13.2 Å². The number of hydrogen-bond acceptors (Lipinski definition) is 1. The van der Waals surface area contributed by atoms with Gasteiger partial charge in [0.15, 0.2) is 0 Å². The summed E-state index contributed by atoms with van der Waals surface area (Å²) in [5, 5.41) is 0. The van der Waals surface area contributed by atoms with Crippen LogP contribution in [0.5, 0.6) is 0 Å². The summed E-state index contributed by atoms with van der Waals surface area (Å²) in [7, 11) is 2.04. The molecule has 0 amide bonds. The minimum atomic E-state index is 0.601.